The van der Waals surface area contributed by atoms with Crippen molar-refractivity contribution in [1.29, 1.82) is 0 Å². The largest absolute Gasteiger partial charge is 0.346 e. The molecule has 1 fully saturated rings. The molecule has 2 heterocycles. The fourth-order valence-corrected chi connectivity index (χ4v) is 2.81. The molecule has 1 aliphatic heterocycles. The van der Waals surface area contributed by atoms with Gasteiger partial charge in [-0.2, -0.15) is 0 Å². The standard InChI is InChI=1S/C12H20N4OS.2ClH/c1-2-10(13)11(17)15-5-3-6-16(8-7-15)12-14-4-9-18-12;;/h4,9-10H,2-3,5-8,13H2,1H3;2*1H/t10-;;/m0../s1. The number of nitrogens with two attached hydrogens (primary N) is 1. The second-order valence-electron chi connectivity index (χ2n) is 4.50. The van der Waals surface area contributed by atoms with Crippen LogP contribution in [0.4, 0.5) is 5.13 Å². The van der Waals surface area contributed by atoms with Gasteiger partial charge in [0, 0.05) is 37.8 Å². The van der Waals surface area contributed by atoms with Gasteiger partial charge in [0.2, 0.25) is 5.91 Å². The molecule has 1 aliphatic rings. The summed E-state index contributed by atoms with van der Waals surface area (Å²) in [7, 11) is 0. The molecule has 116 valence electrons. The van der Waals surface area contributed by atoms with Crippen molar-refractivity contribution in [3.05, 3.63) is 11.6 Å². The van der Waals surface area contributed by atoms with E-state index in [9.17, 15) is 4.79 Å². The SMILES string of the molecule is CC[C@H](N)C(=O)N1CCCN(c2nccs2)CC1.Cl.Cl. The quantitative estimate of drug-likeness (QED) is 0.910. The maximum atomic E-state index is 12.0. The van der Waals surface area contributed by atoms with Crippen LogP contribution in [0.25, 0.3) is 0 Å². The van der Waals surface area contributed by atoms with Gasteiger partial charge in [0.25, 0.3) is 0 Å². The molecule has 1 atom stereocenters. The second-order valence-corrected chi connectivity index (χ2v) is 5.37. The summed E-state index contributed by atoms with van der Waals surface area (Å²) in [6, 6.07) is -0.351. The van der Waals surface area contributed by atoms with E-state index in [0.29, 0.717) is 6.42 Å². The van der Waals surface area contributed by atoms with Crippen molar-refractivity contribution in [3.8, 4) is 0 Å². The minimum absolute atomic E-state index is 0. The molecule has 0 spiro atoms. The summed E-state index contributed by atoms with van der Waals surface area (Å²) < 4.78 is 0. The molecule has 0 bridgehead atoms. The zero-order valence-corrected chi connectivity index (χ0v) is 14.0. The third-order valence-corrected chi connectivity index (χ3v) is 4.09. The lowest BCUT2D eigenvalue weighted by Crippen LogP contribution is -2.45. The highest BCUT2D eigenvalue weighted by atomic mass is 35.5. The molecule has 0 radical (unpaired) electrons. The first kappa shape index (κ1) is 19.4. The number of hydrogen-bond donors (Lipinski definition) is 1. The summed E-state index contributed by atoms with van der Waals surface area (Å²) >= 11 is 1.65. The van der Waals surface area contributed by atoms with E-state index in [0.717, 1.165) is 37.7 Å². The van der Waals surface area contributed by atoms with Crippen LogP contribution in [-0.4, -0.2) is 48.0 Å². The van der Waals surface area contributed by atoms with E-state index in [2.05, 4.69) is 9.88 Å². The van der Waals surface area contributed by atoms with Crippen LogP contribution in [0.2, 0.25) is 0 Å². The number of nitrogens with zero attached hydrogens (tertiary/aromatic N) is 3. The Morgan fingerprint density at radius 1 is 1.40 bits per heavy atom. The van der Waals surface area contributed by atoms with E-state index in [1.54, 1.807) is 11.3 Å². The molecule has 0 saturated carbocycles. The Kier molecular flexibility index (Phi) is 9.13. The van der Waals surface area contributed by atoms with Crippen molar-refractivity contribution in [1.82, 2.24) is 9.88 Å². The van der Waals surface area contributed by atoms with Gasteiger partial charge >= 0.3 is 0 Å². The number of hydrogen-bond acceptors (Lipinski definition) is 5. The Hall–Kier alpha value is -0.560. The van der Waals surface area contributed by atoms with Crippen molar-refractivity contribution in [3.63, 3.8) is 0 Å². The Morgan fingerprint density at radius 2 is 2.15 bits per heavy atom. The monoisotopic (exact) mass is 340 g/mol. The summed E-state index contributed by atoms with van der Waals surface area (Å²) in [5.41, 5.74) is 5.81. The number of amides is 1. The predicted octanol–water partition coefficient (Wildman–Crippen LogP) is 1.76. The van der Waals surface area contributed by atoms with Crippen molar-refractivity contribution in [2.45, 2.75) is 25.8 Å². The van der Waals surface area contributed by atoms with Crippen LogP contribution in [0.15, 0.2) is 11.6 Å². The smallest absolute Gasteiger partial charge is 0.239 e. The average molecular weight is 341 g/mol. The van der Waals surface area contributed by atoms with Gasteiger partial charge in [-0.15, -0.1) is 36.2 Å². The number of thiazole rings is 1. The van der Waals surface area contributed by atoms with E-state index in [4.69, 9.17) is 5.73 Å². The van der Waals surface area contributed by atoms with Crippen molar-refractivity contribution >= 4 is 47.2 Å². The van der Waals surface area contributed by atoms with E-state index in [1.807, 2.05) is 23.4 Å². The summed E-state index contributed by atoms with van der Waals surface area (Å²) in [6.45, 7) is 5.29. The maximum absolute atomic E-state index is 12.0. The minimum atomic E-state index is -0.351. The molecule has 0 unspecified atom stereocenters. The second kappa shape index (κ2) is 9.39. The molecule has 2 rings (SSSR count). The molecular formula is C12H22Cl2N4OS. The van der Waals surface area contributed by atoms with Gasteiger partial charge in [-0.1, -0.05) is 6.92 Å². The molecule has 1 amide bonds. The van der Waals surface area contributed by atoms with Gasteiger partial charge in [-0.05, 0) is 12.8 Å². The predicted molar refractivity (Wildman–Crippen MR) is 88.3 cm³/mol. The Balaban J connectivity index is 0.00000180. The number of carbonyl (C=O) groups is 1. The highest BCUT2D eigenvalue weighted by molar-refractivity contribution is 7.13. The van der Waals surface area contributed by atoms with Gasteiger partial charge in [0.05, 0.1) is 6.04 Å². The molecule has 20 heavy (non-hydrogen) atoms. The van der Waals surface area contributed by atoms with Crippen LogP contribution in [0.3, 0.4) is 0 Å². The number of anilines is 1. The van der Waals surface area contributed by atoms with Gasteiger partial charge < -0.3 is 15.5 Å². The summed E-state index contributed by atoms with van der Waals surface area (Å²) in [6.07, 6.45) is 3.49. The first-order valence-electron chi connectivity index (χ1n) is 6.41. The molecule has 0 aliphatic carbocycles. The van der Waals surface area contributed by atoms with Crippen LogP contribution in [0, 0.1) is 0 Å². The summed E-state index contributed by atoms with van der Waals surface area (Å²) in [5, 5.41) is 3.03. The molecular weight excluding hydrogens is 319 g/mol. The lowest BCUT2D eigenvalue weighted by atomic mass is 10.2. The van der Waals surface area contributed by atoms with Crippen LogP contribution in [0.5, 0.6) is 0 Å². The highest BCUT2D eigenvalue weighted by Crippen LogP contribution is 2.19. The first-order valence-corrected chi connectivity index (χ1v) is 7.29. The fraction of sp³-hybridized carbons (Fsp3) is 0.667. The topological polar surface area (TPSA) is 62.5 Å². The van der Waals surface area contributed by atoms with E-state index < -0.39 is 0 Å². The maximum Gasteiger partial charge on any atom is 0.239 e. The highest BCUT2D eigenvalue weighted by Gasteiger charge is 2.23. The molecule has 1 saturated heterocycles. The minimum Gasteiger partial charge on any atom is -0.346 e. The number of aromatic nitrogens is 1. The van der Waals surface area contributed by atoms with Gasteiger partial charge in [0.15, 0.2) is 5.13 Å². The summed E-state index contributed by atoms with van der Waals surface area (Å²) in [5.74, 6) is 0.0819. The Morgan fingerprint density at radius 3 is 2.75 bits per heavy atom. The Labute approximate surface area is 136 Å². The van der Waals surface area contributed by atoms with Gasteiger partial charge in [-0.3, -0.25) is 4.79 Å². The van der Waals surface area contributed by atoms with Crippen LogP contribution < -0.4 is 10.6 Å². The van der Waals surface area contributed by atoms with E-state index >= 15 is 0 Å². The lowest BCUT2D eigenvalue weighted by Gasteiger charge is -2.24. The van der Waals surface area contributed by atoms with Gasteiger partial charge in [0.1, 0.15) is 0 Å². The zero-order chi connectivity index (χ0) is 13.0. The van der Waals surface area contributed by atoms with Crippen LogP contribution >= 0.6 is 36.2 Å². The number of halogens is 2. The van der Waals surface area contributed by atoms with E-state index in [-0.39, 0.29) is 36.8 Å². The normalized spacial score (nSPS) is 16.7. The lowest BCUT2D eigenvalue weighted by molar-refractivity contribution is -0.132. The number of carbonyl (C=O) groups excluding carboxylic acids is 1. The van der Waals surface area contributed by atoms with Crippen molar-refractivity contribution < 1.29 is 4.79 Å². The first-order chi connectivity index (χ1) is 8.72. The molecule has 1 aromatic rings. The van der Waals surface area contributed by atoms with E-state index in [1.165, 1.54) is 0 Å². The average Bonchev–Trinajstić information content (AvgIpc) is 2.82. The van der Waals surface area contributed by atoms with Crippen LogP contribution in [-0.2, 0) is 4.79 Å². The fourth-order valence-electron chi connectivity index (χ4n) is 2.11. The molecule has 5 nitrogen and oxygen atoms in total. The third-order valence-electron chi connectivity index (χ3n) is 3.25. The molecule has 1 aromatic heterocycles. The van der Waals surface area contributed by atoms with Crippen LogP contribution in [0.1, 0.15) is 19.8 Å². The van der Waals surface area contributed by atoms with Crippen molar-refractivity contribution in [2.24, 2.45) is 5.73 Å². The van der Waals surface area contributed by atoms with Crippen molar-refractivity contribution in [2.75, 3.05) is 31.1 Å². The molecule has 2 N–H and O–H groups in total. The zero-order valence-electron chi connectivity index (χ0n) is 11.5. The summed E-state index contributed by atoms with van der Waals surface area (Å²) in [4.78, 5) is 20.5. The Bertz CT molecular complexity index is 391. The van der Waals surface area contributed by atoms with Gasteiger partial charge in [-0.25, -0.2) is 4.98 Å². The molecule has 0 aromatic carbocycles. The third kappa shape index (κ3) is 4.77. The number of rotatable bonds is 3. The molecule has 8 heteroatoms.